The van der Waals surface area contributed by atoms with Gasteiger partial charge in [-0.2, -0.15) is 0 Å². The minimum atomic E-state index is 0.573. The predicted molar refractivity (Wildman–Crippen MR) is 84.6 cm³/mol. The minimum absolute atomic E-state index is 0.573. The molecule has 1 aromatic rings. The summed E-state index contributed by atoms with van der Waals surface area (Å²) in [7, 11) is 4.45. The Bertz CT molecular complexity index is 477. The van der Waals surface area contributed by atoms with Crippen molar-refractivity contribution in [2.24, 2.45) is 0 Å². The van der Waals surface area contributed by atoms with Gasteiger partial charge < -0.3 is 10.2 Å². The van der Waals surface area contributed by atoms with Gasteiger partial charge >= 0.3 is 0 Å². The number of halogens is 1. The Morgan fingerprint density at radius 2 is 2.00 bits per heavy atom. The monoisotopic (exact) mass is 293 g/mol. The lowest BCUT2D eigenvalue weighted by Crippen LogP contribution is -2.54. The summed E-state index contributed by atoms with van der Waals surface area (Å²) >= 11 is 6.07. The molecule has 110 valence electrons. The summed E-state index contributed by atoms with van der Waals surface area (Å²) in [6.07, 6.45) is 2.25. The topological polar surface area (TPSA) is 18.5 Å². The molecule has 0 bridgehead atoms. The lowest BCUT2D eigenvalue weighted by molar-refractivity contribution is 0.111. The van der Waals surface area contributed by atoms with E-state index in [-0.39, 0.29) is 0 Å². The normalized spacial score (nSPS) is 27.8. The summed E-state index contributed by atoms with van der Waals surface area (Å²) in [6.45, 7) is 4.59. The van der Waals surface area contributed by atoms with Crippen LogP contribution in [0.5, 0.6) is 0 Å². The van der Waals surface area contributed by atoms with E-state index < -0.39 is 0 Å². The van der Waals surface area contributed by atoms with E-state index in [0.717, 1.165) is 31.0 Å². The molecular formula is C16H24ClN3. The van der Waals surface area contributed by atoms with Crippen molar-refractivity contribution in [1.29, 1.82) is 0 Å². The second kappa shape index (κ2) is 6.02. The van der Waals surface area contributed by atoms with Gasteiger partial charge in [-0.3, -0.25) is 4.90 Å². The molecule has 3 nitrogen and oxygen atoms in total. The molecule has 1 fully saturated rings. The number of piperazine rings is 1. The third-order valence-electron chi connectivity index (χ3n) is 4.72. The van der Waals surface area contributed by atoms with Crippen LogP contribution in [0, 0.1) is 0 Å². The van der Waals surface area contributed by atoms with E-state index in [0.29, 0.717) is 12.1 Å². The Labute approximate surface area is 126 Å². The Hall–Kier alpha value is -0.610. The molecule has 0 saturated carbocycles. The van der Waals surface area contributed by atoms with Gasteiger partial charge in [0.2, 0.25) is 0 Å². The van der Waals surface area contributed by atoms with Gasteiger partial charge in [0.1, 0.15) is 0 Å². The first-order valence-electron chi connectivity index (χ1n) is 7.51. The van der Waals surface area contributed by atoms with Gasteiger partial charge in [0.25, 0.3) is 0 Å². The summed E-state index contributed by atoms with van der Waals surface area (Å²) in [5.74, 6) is 0. The molecule has 1 heterocycles. The Morgan fingerprint density at radius 3 is 2.85 bits per heavy atom. The van der Waals surface area contributed by atoms with Crippen LogP contribution in [0.3, 0.4) is 0 Å². The summed E-state index contributed by atoms with van der Waals surface area (Å²) < 4.78 is 0. The summed E-state index contributed by atoms with van der Waals surface area (Å²) in [5.41, 5.74) is 2.88. The van der Waals surface area contributed by atoms with Crippen molar-refractivity contribution in [2.75, 3.05) is 40.3 Å². The van der Waals surface area contributed by atoms with E-state index in [2.05, 4.69) is 41.3 Å². The molecular weight excluding hydrogens is 270 g/mol. The molecule has 2 unspecified atom stereocenters. The maximum Gasteiger partial charge on any atom is 0.0408 e. The van der Waals surface area contributed by atoms with Gasteiger partial charge in [-0.25, -0.2) is 0 Å². The fourth-order valence-electron chi connectivity index (χ4n) is 3.36. The molecule has 0 radical (unpaired) electrons. The van der Waals surface area contributed by atoms with Crippen LogP contribution in [-0.2, 0) is 12.8 Å². The summed E-state index contributed by atoms with van der Waals surface area (Å²) in [4.78, 5) is 4.90. The first-order valence-corrected chi connectivity index (χ1v) is 7.89. The predicted octanol–water partition coefficient (Wildman–Crippen LogP) is 1.64. The molecule has 2 aliphatic rings. The van der Waals surface area contributed by atoms with E-state index in [4.69, 9.17) is 11.6 Å². The van der Waals surface area contributed by atoms with E-state index in [1.807, 2.05) is 6.07 Å². The number of hydrogen-bond acceptors (Lipinski definition) is 3. The molecule has 1 aromatic carbocycles. The molecule has 0 aromatic heterocycles. The largest absolute Gasteiger partial charge is 0.312 e. The van der Waals surface area contributed by atoms with Crippen molar-refractivity contribution >= 4 is 11.6 Å². The highest BCUT2D eigenvalue weighted by molar-refractivity contribution is 6.30. The zero-order chi connectivity index (χ0) is 14.1. The van der Waals surface area contributed by atoms with E-state index in [9.17, 15) is 0 Å². The van der Waals surface area contributed by atoms with Gasteiger partial charge in [0.15, 0.2) is 0 Å². The number of nitrogens with zero attached hydrogens (tertiary/aromatic N) is 2. The molecule has 0 amide bonds. The van der Waals surface area contributed by atoms with Gasteiger partial charge in [0, 0.05) is 43.3 Å². The molecule has 0 spiro atoms. The number of rotatable bonds is 3. The van der Waals surface area contributed by atoms with Crippen molar-refractivity contribution in [3.8, 4) is 0 Å². The molecule has 20 heavy (non-hydrogen) atoms. The smallest absolute Gasteiger partial charge is 0.0408 e. The second-order valence-corrected chi connectivity index (χ2v) is 6.76. The third-order valence-corrected chi connectivity index (χ3v) is 4.96. The van der Waals surface area contributed by atoms with Crippen LogP contribution in [-0.4, -0.2) is 62.2 Å². The molecule has 1 saturated heterocycles. The zero-order valence-electron chi connectivity index (χ0n) is 12.4. The lowest BCUT2D eigenvalue weighted by atomic mass is 10.1. The van der Waals surface area contributed by atoms with Crippen molar-refractivity contribution in [2.45, 2.75) is 24.9 Å². The number of hydrogen-bond donors (Lipinski definition) is 1. The number of likely N-dealkylation sites (N-methyl/N-ethyl adjacent to an activating group) is 2. The van der Waals surface area contributed by atoms with E-state index >= 15 is 0 Å². The van der Waals surface area contributed by atoms with Crippen LogP contribution in [0.4, 0.5) is 0 Å². The van der Waals surface area contributed by atoms with Crippen LogP contribution in [0.1, 0.15) is 11.1 Å². The van der Waals surface area contributed by atoms with Crippen molar-refractivity contribution in [1.82, 2.24) is 15.1 Å². The maximum absolute atomic E-state index is 6.07. The van der Waals surface area contributed by atoms with Gasteiger partial charge in [0.05, 0.1) is 0 Å². The minimum Gasteiger partial charge on any atom is -0.312 e. The zero-order valence-corrected chi connectivity index (χ0v) is 13.2. The SMILES string of the molecule is CN1CCN(C)C(CNC2Cc3ccc(Cl)cc3C2)C1. The summed E-state index contributed by atoms with van der Waals surface area (Å²) in [5, 5.41) is 4.62. The van der Waals surface area contributed by atoms with Crippen molar-refractivity contribution < 1.29 is 0 Å². The molecule has 1 aliphatic carbocycles. The van der Waals surface area contributed by atoms with Crippen LogP contribution in [0.2, 0.25) is 5.02 Å². The Kier molecular flexibility index (Phi) is 4.32. The Balaban J connectivity index is 1.53. The molecule has 1 aliphatic heterocycles. The lowest BCUT2D eigenvalue weighted by Gasteiger charge is -2.38. The number of fused-ring (bicyclic) bond motifs is 1. The fourth-order valence-corrected chi connectivity index (χ4v) is 3.55. The highest BCUT2D eigenvalue weighted by Crippen LogP contribution is 2.25. The first-order chi connectivity index (χ1) is 9.61. The quantitative estimate of drug-likeness (QED) is 0.914. The van der Waals surface area contributed by atoms with Crippen LogP contribution < -0.4 is 5.32 Å². The van der Waals surface area contributed by atoms with Crippen LogP contribution >= 0.6 is 11.6 Å². The van der Waals surface area contributed by atoms with E-state index in [1.54, 1.807) is 0 Å². The molecule has 1 N–H and O–H groups in total. The highest BCUT2D eigenvalue weighted by Gasteiger charge is 2.25. The first kappa shape index (κ1) is 14.3. The maximum atomic E-state index is 6.07. The van der Waals surface area contributed by atoms with Crippen LogP contribution in [0.25, 0.3) is 0 Å². The third kappa shape index (κ3) is 3.17. The standard InChI is InChI=1S/C16H24ClN3/c1-19-5-6-20(2)16(11-19)10-18-15-8-12-3-4-14(17)7-13(12)9-15/h3-4,7,15-16,18H,5-6,8-11H2,1-2H3. The van der Waals surface area contributed by atoms with E-state index in [1.165, 1.54) is 24.2 Å². The second-order valence-electron chi connectivity index (χ2n) is 6.32. The number of benzene rings is 1. The molecule has 4 heteroatoms. The van der Waals surface area contributed by atoms with Crippen molar-refractivity contribution in [3.63, 3.8) is 0 Å². The van der Waals surface area contributed by atoms with Gasteiger partial charge in [-0.1, -0.05) is 17.7 Å². The van der Waals surface area contributed by atoms with Crippen LogP contribution in [0.15, 0.2) is 18.2 Å². The van der Waals surface area contributed by atoms with Crippen molar-refractivity contribution in [3.05, 3.63) is 34.3 Å². The summed E-state index contributed by atoms with van der Waals surface area (Å²) in [6, 6.07) is 7.51. The highest BCUT2D eigenvalue weighted by atomic mass is 35.5. The average Bonchev–Trinajstić information content (AvgIpc) is 2.81. The number of nitrogens with one attached hydrogen (secondary N) is 1. The average molecular weight is 294 g/mol. The molecule has 3 rings (SSSR count). The van der Waals surface area contributed by atoms with Gasteiger partial charge in [-0.05, 0) is 50.2 Å². The molecule has 2 atom stereocenters. The fraction of sp³-hybridized carbons (Fsp3) is 0.625. The Morgan fingerprint density at radius 1 is 1.20 bits per heavy atom. The van der Waals surface area contributed by atoms with Gasteiger partial charge in [-0.15, -0.1) is 0 Å².